The third-order valence-electron chi connectivity index (χ3n) is 4.70. The Hall–Kier alpha value is -3.93. The van der Waals surface area contributed by atoms with Crippen LogP contribution in [-0.4, -0.2) is 21.7 Å². The van der Waals surface area contributed by atoms with Crippen molar-refractivity contribution in [2.75, 3.05) is 0 Å². The molecule has 1 heterocycles. The summed E-state index contributed by atoms with van der Waals surface area (Å²) in [6.45, 7) is 2.50. The van der Waals surface area contributed by atoms with Gasteiger partial charge < -0.3 is 9.30 Å². The van der Waals surface area contributed by atoms with Crippen LogP contribution in [0, 0.1) is 6.92 Å². The van der Waals surface area contributed by atoms with E-state index in [1.807, 2.05) is 90.4 Å². The van der Waals surface area contributed by atoms with Gasteiger partial charge in [0.2, 0.25) is 0 Å². The van der Waals surface area contributed by atoms with Crippen LogP contribution in [-0.2, 0) is 17.9 Å². The van der Waals surface area contributed by atoms with Crippen LogP contribution in [0.1, 0.15) is 17.0 Å². The van der Waals surface area contributed by atoms with Crippen molar-refractivity contribution in [1.82, 2.24) is 15.0 Å². The molecule has 4 rings (SSSR count). The van der Waals surface area contributed by atoms with Gasteiger partial charge in [-0.05, 0) is 36.8 Å². The quantitative estimate of drug-likeness (QED) is 0.377. The number of ether oxygens (including phenoxy) is 1. The number of hydrogen-bond acceptors (Lipinski definition) is 4. The molecule has 1 aromatic heterocycles. The summed E-state index contributed by atoms with van der Waals surface area (Å²) in [5.41, 5.74) is 6.26. The fourth-order valence-electron chi connectivity index (χ4n) is 3.20. The summed E-state index contributed by atoms with van der Waals surface area (Å²) in [6, 6.07) is 25.3. The van der Waals surface area contributed by atoms with Crippen molar-refractivity contribution >= 4 is 23.2 Å². The van der Waals surface area contributed by atoms with Crippen molar-refractivity contribution in [1.29, 1.82) is 0 Å². The van der Waals surface area contributed by atoms with E-state index in [9.17, 15) is 4.79 Å². The molecular weight excluding hydrogens is 376 g/mol. The molecule has 1 amide bonds. The van der Waals surface area contributed by atoms with Gasteiger partial charge in [-0.1, -0.05) is 54.6 Å². The highest BCUT2D eigenvalue weighted by Gasteiger charge is 2.10. The molecule has 0 fully saturated rings. The van der Waals surface area contributed by atoms with Crippen LogP contribution in [0.25, 0.3) is 11.0 Å². The molecule has 150 valence electrons. The second kappa shape index (κ2) is 9.05. The molecule has 0 aliphatic carbocycles. The molecule has 0 unspecified atom stereocenters. The zero-order valence-corrected chi connectivity index (χ0v) is 16.7. The normalized spacial score (nSPS) is 11.1. The van der Waals surface area contributed by atoms with Gasteiger partial charge in [-0.2, -0.15) is 5.10 Å². The zero-order valence-electron chi connectivity index (χ0n) is 16.7. The first kappa shape index (κ1) is 19.4. The van der Waals surface area contributed by atoms with E-state index in [1.165, 1.54) is 0 Å². The lowest BCUT2D eigenvalue weighted by Gasteiger charge is -2.09. The van der Waals surface area contributed by atoms with Crippen molar-refractivity contribution in [2.45, 2.75) is 20.1 Å². The van der Waals surface area contributed by atoms with Crippen molar-refractivity contribution in [2.24, 2.45) is 5.10 Å². The Kier molecular flexibility index (Phi) is 5.85. The number of nitrogens with one attached hydrogen (secondary N) is 1. The fraction of sp³-hybridized carbons (Fsp3) is 0.125. The first-order chi connectivity index (χ1) is 14.7. The molecule has 6 heteroatoms. The largest absolute Gasteiger partial charge is 0.488 e. The van der Waals surface area contributed by atoms with Gasteiger partial charge in [-0.15, -0.1) is 0 Å². The van der Waals surface area contributed by atoms with Gasteiger partial charge in [0, 0.05) is 5.56 Å². The molecule has 0 atom stereocenters. The number of benzene rings is 3. The molecule has 30 heavy (non-hydrogen) atoms. The summed E-state index contributed by atoms with van der Waals surface area (Å²) in [4.78, 5) is 16.9. The van der Waals surface area contributed by atoms with Gasteiger partial charge in [0.25, 0.3) is 5.91 Å². The Morgan fingerprint density at radius 3 is 2.63 bits per heavy atom. The van der Waals surface area contributed by atoms with Crippen molar-refractivity contribution < 1.29 is 9.53 Å². The fourth-order valence-corrected chi connectivity index (χ4v) is 3.20. The lowest BCUT2D eigenvalue weighted by atomic mass is 10.2. The average Bonchev–Trinajstić information content (AvgIpc) is 3.09. The van der Waals surface area contributed by atoms with Crippen LogP contribution >= 0.6 is 0 Å². The molecule has 6 nitrogen and oxygen atoms in total. The maximum absolute atomic E-state index is 12.4. The number of rotatable bonds is 7. The standard InChI is InChI=1S/C24H22N4O2/c1-18-26-21-12-6-7-13-22(21)28(18)16-24(29)27-25-15-20-11-5-8-14-23(20)30-17-19-9-3-2-4-10-19/h2-15H,16-17H2,1H3,(H,27,29)/b25-15-. The van der Waals surface area contributed by atoms with Crippen molar-refractivity contribution in [3.05, 3.63) is 95.8 Å². The number of imidazole rings is 1. The molecule has 0 saturated carbocycles. The predicted octanol–water partition coefficient (Wildman–Crippen LogP) is 4.07. The topological polar surface area (TPSA) is 68.5 Å². The summed E-state index contributed by atoms with van der Waals surface area (Å²) in [7, 11) is 0. The maximum atomic E-state index is 12.4. The van der Waals surface area contributed by atoms with Crippen LogP contribution in [0.3, 0.4) is 0 Å². The van der Waals surface area contributed by atoms with Gasteiger partial charge >= 0.3 is 0 Å². The second-order valence-corrected chi connectivity index (χ2v) is 6.84. The number of aromatic nitrogens is 2. The van der Waals surface area contributed by atoms with Crippen LogP contribution in [0.4, 0.5) is 0 Å². The Balaban J connectivity index is 1.39. The monoisotopic (exact) mass is 398 g/mol. The van der Waals surface area contributed by atoms with Gasteiger partial charge in [0.1, 0.15) is 24.7 Å². The summed E-state index contributed by atoms with van der Waals surface area (Å²) < 4.78 is 7.79. The van der Waals surface area contributed by atoms with Gasteiger partial charge in [-0.25, -0.2) is 10.4 Å². The third-order valence-corrected chi connectivity index (χ3v) is 4.70. The second-order valence-electron chi connectivity index (χ2n) is 6.84. The number of hydrazone groups is 1. The number of nitrogens with zero attached hydrogens (tertiary/aromatic N) is 3. The summed E-state index contributed by atoms with van der Waals surface area (Å²) in [5, 5.41) is 4.11. The van der Waals surface area contributed by atoms with E-state index in [4.69, 9.17) is 4.74 Å². The summed E-state index contributed by atoms with van der Waals surface area (Å²) in [6.07, 6.45) is 1.59. The molecule has 4 aromatic rings. The molecule has 0 radical (unpaired) electrons. The van der Waals surface area contributed by atoms with E-state index < -0.39 is 0 Å². The number of aryl methyl sites for hydroxylation is 1. The summed E-state index contributed by atoms with van der Waals surface area (Å²) >= 11 is 0. The number of hydrogen-bond donors (Lipinski definition) is 1. The number of para-hydroxylation sites is 3. The lowest BCUT2D eigenvalue weighted by Crippen LogP contribution is -2.23. The minimum Gasteiger partial charge on any atom is -0.488 e. The first-order valence-corrected chi connectivity index (χ1v) is 9.70. The number of amides is 1. The first-order valence-electron chi connectivity index (χ1n) is 9.70. The van der Waals surface area contributed by atoms with E-state index in [2.05, 4.69) is 15.5 Å². The van der Waals surface area contributed by atoms with Gasteiger partial charge in [0.15, 0.2) is 0 Å². The number of carbonyl (C=O) groups excluding carboxylic acids is 1. The van der Waals surface area contributed by atoms with E-state index in [0.717, 1.165) is 28.0 Å². The maximum Gasteiger partial charge on any atom is 0.260 e. The third kappa shape index (κ3) is 4.55. The Labute approximate surface area is 174 Å². The number of fused-ring (bicyclic) bond motifs is 1. The highest BCUT2D eigenvalue weighted by atomic mass is 16.5. The van der Waals surface area contributed by atoms with Crippen LogP contribution in [0.15, 0.2) is 84.0 Å². The summed E-state index contributed by atoms with van der Waals surface area (Å²) in [5.74, 6) is 1.27. The molecule has 1 N–H and O–H groups in total. The van der Waals surface area contributed by atoms with E-state index in [-0.39, 0.29) is 12.5 Å². The van der Waals surface area contributed by atoms with Gasteiger partial charge in [-0.3, -0.25) is 4.79 Å². The average molecular weight is 398 g/mol. The Morgan fingerprint density at radius 1 is 1.03 bits per heavy atom. The molecule has 0 saturated heterocycles. The van der Waals surface area contributed by atoms with Crippen molar-refractivity contribution in [3.63, 3.8) is 0 Å². The lowest BCUT2D eigenvalue weighted by molar-refractivity contribution is -0.121. The SMILES string of the molecule is Cc1nc2ccccc2n1CC(=O)N/N=C\c1ccccc1OCc1ccccc1. The Morgan fingerprint density at radius 2 is 1.77 bits per heavy atom. The molecule has 0 spiro atoms. The minimum absolute atomic E-state index is 0.149. The van der Waals surface area contributed by atoms with Gasteiger partial charge in [0.05, 0.1) is 17.2 Å². The highest BCUT2D eigenvalue weighted by molar-refractivity contribution is 5.85. The molecule has 0 aliphatic rings. The molecule has 0 aliphatic heterocycles. The smallest absolute Gasteiger partial charge is 0.260 e. The Bertz CT molecular complexity index is 1180. The predicted molar refractivity (Wildman–Crippen MR) is 117 cm³/mol. The van der Waals surface area contributed by atoms with E-state index >= 15 is 0 Å². The molecule has 3 aromatic carbocycles. The minimum atomic E-state index is -0.222. The van der Waals surface area contributed by atoms with Crippen LogP contribution in [0.5, 0.6) is 5.75 Å². The zero-order chi connectivity index (χ0) is 20.8. The van der Waals surface area contributed by atoms with Crippen LogP contribution < -0.4 is 10.2 Å². The van der Waals surface area contributed by atoms with Crippen molar-refractivity contribution in [3.8, 4) is 5.75 Å². The van der Waals surface area contributed by atoms with E-state index in [0.29, 0.717) is 12.4 Å². The highest BCUT2D eigenvalue weighted by Crippen LogP contribution is 2.18. The van der Waals surface area contributed by atoms with Crippen LogP contribution in [0.2, 0.25) is 0 Å². The van der Waals surface area contributed by atoms with E-state index in [1.54, 1.807) is 6.21 Å². The molecular formula is C24H22N4O2. The molecule has 0 bridgehead atoms. The number of carbonyl (C=O) groups is 1.